The van der Waals surface area contributed by atoms with Gasteiger partial charge in [0.2, 0.25) is 11.8 Å². The molecular formula is C21H25N3O4. The maximum Gasteiger partial charge on any atom is 0.229 e. The van der Waals surface area contributed by atoms with Gasteiger partial charge in [-0.3, -0.25) is 14.6 Å². The minimum absolute atomic E-state index is 0.00744. The largest absolute Gasteiger partial charge is 0.493 e. The lowest BCUT2D eigenvalue weighted by atomic mass is 9.97. The topological polar surface area (TPSA) is 80.8 Å². The molecule has 1 aliphatic heterocycles. The highest BCUT2D eigenvalue weighted by molar-refractivity contribution is 5.93. The number of hydrogen-bond donors (Lipinski definition) is 1. The van der Waals surface area contributed by atoms with Crippen LogP contribution in [-0.4, -0.2) is 41.9 Å². The van der Waals surface area contributed by atoms with Gasteiger partial charge in [0.05, 0.1) is 13.0 Å². The molecule has 1 fully saturated rings. The van der Waals surface area contributed by atoms with E-state index in [2.05, 4.69) is 10.3 Å². The molecule has 7 heteroatoms. The molecule has 3 rings (SSSR count). The first-order chi connectivity index (χ1) is 13.6. The molecule has 1 N–H and O–H groups in total. The fourth-order valence-electron chi connectivity index (χ4n) is 3.23. The minimum atomic E-state index is -0.209. The van der Waals surface area contributed by atoms with Crippen LogP contribution in [-0.2, 0) is 16.2 Å². The van der Waals surface area contributed by atoms with Crippen molar-refractivity contribution in [3.8, 4) is 11.5 Å². The number of amides is 2. The normalized spacial score (nSPS) is 16.4. The monoisotopic (exact) mass is 383 g/mol. The van der Waals surface area contributed by atoms with Crippen LogP contribution >= 0.6 is 0 Å². The Kier molecular flexibility index (Phi) is 6.47. The number of aromatic nitrogens is 1. The zero-order valence-electron chi connectivity index (χ0n) is 16.2. The Labute approximate surface area is 164 Å². The lowest BCUT2D eigenvalue weighted by molar-refractivity contribution is -0.132. The molecule has 28 heavy (non-hydrogen) atoms. The fraction of sp³-hybridized carbons (Fsp3) is 0.381. The summed E-state index contributed by atoms with van der Waals surface area (Å²) >= 11 is 0. The number of nitrogens with one attached hydrogen (secondary N) is 1. The van der Waals surface area contributed by atoms with Gasteiger partial charge in [0, 0.05) is 49.7 Å². The molecular weight excluding hydrogens is 358 g/mol. The fourth-order valence-corrected chi connectivity index (χ4v) is 3.23. The summed E-state index contributed by atoms with van der Waals surface area (Å²) in [4.78, 5) is 30.0. The van der Waals surface area contributed by atoms with E-state index in [0.29, 0.717) is 36.9 Å². The summed E-state index contributed by atoms with van der Waals surface area (Å²) in [5, 5.41) is 2.94. The van der Waals surface area contributed by atoms with Crippen LogP contribution in [0.2, 0.25) is 0 Å². The highest BCUT2D eigenvalue weighted by atomic mass is 16.5. The summed E-state index contributed by atoms with van der Waals surface area (Å²) in [6.07, 6.45) is 5.05. The van der Waals surface area contributed by atoms with Crippen molar-refractivity contribution in [3.63, 3.8) is 0 Å². The average molecular weight is 383 g/mol. The van der Waals surface area contributed by atoms with Crippen molar-refractivity contribution >= 4 is 17.5 Å². The third-order valence-electron chi connectivity index (χ3n) is 4.79. The van der Waals surface area contributed by atoms with Gasteiger partial charge in [-0.15, -0.1) is 0 Å². The molecule has 1 unspecified atom stereocenters. The molecule has 1 saturated heterocycles. The molecule has 1 aromatic heterocycles. The van der Waals surface area contributed by atoms with Crippen molar-refractivity contribution in [2.45, 2.75) is 26.4 Å². The van der Waals surface area contributed by atoms with Crippen molar-refractivity contribution in [3.05, 3.63) is 48.3 Å². The Morgan fingerprint density at radius 2 is 2.14 bits per heavy atom. The Morgan fingerprint density at radius 3 is 2.86 bits per heavy atom. The number of pyridine rings is 1. The quantitative estimate of drug-likeness (QED) is 0.830. The highest BCUT2D eigenvalue weighted by Gasteiger charge is 2.27. The number of carbonyl (C=O) groups is 2. The van der Waals surface area contributed by atoms with Crippen LogP contribution in [0.4, 0.5) is 5.69 Å². The number of benzene rings is 1. The van der Waals surface area contributed by atoms with Crippen LogP contribution < -0.4 is 14.8 Å². The van der Waals surface area contributed by atoms with Crippen molar-refractivity contribution in [2.75, 3.05) is 25.5 Å². The summed E-state index contributed by atoms with van der Waals surface area (Å²) in [7, 11) is 1.57. The van der Waals surface area contributed by atoms with Crippen LogP contribution in [0.3, 0.4) is 0 Å². The SMILES string of the molecule is COc1ccc(NC(=O)C2CCCN(C(C)=O)C2)cc1OCc1cccnc1. The minimum Gasteiger partial charge on any atom is -0.493 e. The van der Waals surface area contributed by atoms with Crippen molar-refractivity contribution in [2.24, 2.45) is 5.92 Å². The van der Waals surface area contributed by atoms with Gasteiger partial charge >= 0.3 is 0 Å². The van der Waals surface area contributed by atoms with E-state index in [0.717, 1.165) is 18.4 Å². The number of rotatable bonds is 6. The zero-order chi connectivity index (χ0) is 19.9. The van der Waals surface area contributed by atoms with Crippen molar-refractivity contribution < 1.29 is 19.1 Å². The standard InChI is InChI=1S/C21H25N3O4/c1-15(25)24-10-4-6-17(13-24)21(26)23-18-7-8-19(27-2)20(11-18)28-14-16-5-3-9-22-12-16/h3,5,7-9,11-12,17H,4,6,10,13-14H2,1-2H3,(H,23,26). The first kappa shape index (κ1) is 19.7. The lowest BCUT2D eigenvalue weighted by Crippen LogP contribution is -2.42. The molecule has 7 nitrogen and oxygen atoms in total. The molecule has 1 atom stereocenters. The second kappa shape index (κ2) is 9.21. The molecule has 2 heterocycles. The molecule has 2 aromatic rings. The Morgan fingerprint density at radius 1 is 1.29 bits per heavy atom. The average Bonchev–Trinajstić information content (AvgIpc) is 2.73. The summed E-state index contributed by atoms with van der Waals surface area (Å²) in [5.41, 5.74) is 1.57. The predicted octanol–water partition coefficient (Wildman–Crippen LogP) is 2.87. The van der Waals surface area contributed by atoms with Crippen LogP contribution in [0.25, 0.3) is 0 Å². The number of carbonyl (C=O) groups excluding carboxylic acids is 2. The van der Waals surface area contributed by atoms with Gasteiger partial charge in [-0.05, 0) is 31.0 Å². The second-order valence-corrected chi connectivity index (χ2v) is 6.81. The number of hydrogen-bond acceptors (Lipinski definition) is 5. The van der Waals surface area contributed by atoms with E-state index in [1.165, 1.54) is 6.92 Å². The van der Waals surface area contributed by atoms with Gasteiger partial charge in [0.1, 0.15) is 6.61 Å². The molecule has 1 aliphatic rings. The maximum atomic E-state index is 12.7. The predicted molar refractivity (Wildman–Crippen MR) is 105 cm³/mol. The van der Waals surface area contributed by atoms with Crippen molar-refractivity contribution in [1.29, 1.82) is 0 Å². The molecule has 0 aliphatic carbocycles. The molecule has 1 aromatic carbocycles. The van der Waals surface area contributed by atoms with Gasteiger partial charge < -0.3 is 19.7 Å². The number of ether oxygens (including phenoxy) is 2. The molecule has 148 valence electrons. The third kappa shape index (κ3) is 5.00. The molecule has 0 radical (unpaired) electrons. The Bertz CT molecular complexity index is 826. The van der Waals surface area contributed by atoms with E-state index < -0.39 is 0 Å². The highest BCUT2D eigenvalue weighted by Crippen LogP contribution is 2.31. The van der Waals surface area contributed by atoms with Gasteiger partial charge in [-0.1, -0.05) is 6.07 Å². The smallest absolute Gasteiger partial charge is 0.229 e. The van der Waals surface area contributed by atoms with Crippen molar-refractivity contribution in [1.82, 2.24) is 9.88 Å². The van der Waals surface area contributed by atoms with E-state index in [1.807, 2.05) is 12.1 Å². The summed E-state index contributed by atoms with van der Waals surface area (Å²) < 4.78 is 11.2. The van der Waals surface area contributed by atoms with Crippen LogP contribution in [0, 0.1) is 5.92 Å². The third-order valence-corrected chi connectivity index (χ3v) is 4.79. The van der Waals surface area contributed by atoms with Gasteiger partial charge in [-0.2, -0.15) is 0 Å². The van der Waals surface area contributed by atoms with E-state index in [1.54, 1.807) is 42.6 Å². The van der Waals surface area contributed by atoms with Gasteiger partial charge in [0.15, 0.2) is 11.5 Å². The zero-order valence-corrected chi connectivity index (χ0v) is 16.2. The molecule has 2 amide bonds. The van der Waals surface area contributed by atoms with E-state index in [-0.39, 0.29) is 17.7 Å². The van der Waals surface area contributed by atoms with Crippen LogP contribution in [0.5, 0.6) is 11.5 Å². The second-order valence-electron chi connectivity index (χ2n) is 6.81. The summed E-state index contributed by atoms with van der Waals surface area (Å²) in [6.45, 7) is 3.06. The van der Waals surface area contributed by atoms with E-state index in [9.17, 15) is 9.59 Å². The molecule has 0 spiro atoms. The van der Waals surface area contributed by atoms with Gasteiger partial charge in [-0.25, -0.2) is 0 Å². The van der Waals surface area contributed by atoms with E-state index in [4.69, 9.17) is 9.47 Å². The first-order valence-corrected chi connectivity index (χ1v) is 9.33. The Hall–Kier alpha value is -3.09. The first-order valence-electron chi connectivity index (χ1n) is 9.33. The van der Waals surface area contributed by atoms with Gasteiger partial charge in [0.25, 0.3) is 0 Å². The number of methoxy groups -OCH3 is 1. The number of likely N-dealkylation sites (tertiary alicyclic amines) is 1. The lowest BCUT2D eigenvalue weighted by Gasteiger charge is -2.31. The number of piperidine rings is 1. The van der Waals surface area contributed by atoms with Crippen LogP contribution in [0.15, 0.2) is 42.7 Å². The maximum absolute atomic E-state index is 12.7. The number of nitrogens with zero attached hydrogens (tertiary/aromatic N) is 2. The molecule has 0 saturated carbocycles. The number of anilines is 1. The molecule has 0 bridgehead atoms. The summed E-state index contributed by atoms with van der Waals surface area (Å²) in [5.74, 6) is 0.836. The summed E-state index contributed by atoms with van der Waals surface area (Å²) in [6, 6.07) is 9.06. The van der Waals surface area contributed by atoms with Crippen LogP contribution in [0.1, 0.15) is 25.3 Å². The Balaban J connectivity index is 1.66. The van der Waals surface area contributed by atoms with E-state index >= 15 is 0 Å².